The molecule has 25 heavy (non-hydrogen) atoms. The molecule has 134 valence electrons. The maximum Gasteiger partial charge on any atom is 0.274 e. The first-order valence-corrected chi connectivity index (χ1v) is 8.84. The van der Waals surface area contributed by atoms with E-state index in [0.717, 1.165) is 18.5 Å². The van der Waals surface area contributed by atoms with E-state index in [1.165, 1.54) is 12.8 Å². The predicted octanol–water partition coefficient (Wildman–Crippen LogP) is 3.40. The largest absolute Gasteiger partial charge is 0.493 e. The molecule has 0 spiro atoms. The Morgan fingerprint density at radius 1 is 1.28 bits per heavy atom. The van der Waals surface area contributed by atoms with Gasteiger partial charge in [-0.2, -0.15) is 5.10 Å². The molecule has 0 radical (unpaired) electrons. The molecule has 1 amide bonds. The summed E-state index contributed by atoms with van der Waals surface area (Å²) in [6, 6.07) is 9.59. The molecule has 6 heteroatoms. The van der Waals surface area contributed by atoms with Crippen LogP contribution in [0.2, 0.25) is 0 Å². The van der Waals surface area contributed by atoms with E-state index in [-0.39, 0.29) is 5.91 Å². The zero-order valence-electron chi connectivity index (χ0n) is 14.8. The SMILES string of the molecule is CCN(C(=O)c1cc(COc2ccccc2OC)[nH]n1)C1CCCC1. The van der Waals surface area contributed by atoms with E-state index >= 15 is 0 Å². The molecule has 0 atom stereocenters. The third kappa shape index (κ3) is 3.95. The van der Waals surface area contributed by atoms with Gasteiger partial charge >= 0.3 is 0 Å². The zero-order chi connectivity index (χ0) is 17.6. The van der Waals surface area contributed by atoms with Crippen molar-refractivity contribution in [3.8, 4) is 11.5 Å². The van der Waals surface area contributed by atoms with E-state index in [4.69, 9.17) is 9.47 Å². The van der Waals surface area contributed by atoms with Crippen LogP contribution in [0, 0.1) is 0 Å². The van der Waals surface area contributed by atoms with Crippen molar-refractivity contribution in [2.24, 2.45) is 0 Å². The van der Waals surface area contributed by atoms with Crippen LogP contribution >= 0.6 is 0 Å². The fourth-order valence-electron chi connectivity index (χ4n) is 3.37. The quantitative estimate of drug-likeness (QED) is 0.837. The maximum atomic E-state index is 12.7. The van der Waals surface area contributed by atoms with Crippen molar-refractivity contribution in [2.75, 3.05) is 13.7 Å². The molecule has 1 fully saturated rings. The van der Waals surface area contributed by atoms with Gasteiger partial charge in [0.2, 0.25) is 0 Å². The number of methoxy groups -OCH3 is 1. The predicted molar refractivity (Wildman–Crippen MR) is 94.9 cm³/mol. The van der Waals surface area contributed by atoms with Gasteiger partial charge in [0.25, 0.3) is 5.91 Å². The minimum absolute atomic E-state index is 0.00538. The first-order chi connectivity index (χ1) is 12.2. The van der Waals surface area contributed by atoms with Gasteiger partial charge in [-0.05, 0) is 38.0 Å². The number of H-pyrrole nitrogens is 1. The molecular weight excluding hydrogens is 318 g/mol. The monoisotopic (exact) mass is 343 g/mol. The summed E-state index contributed by atoms with van der Waals surface area (Å²) >= 11 is 0. The summed E-state index contributed by atoms with van der Waals surface area (Å²) in [5.41, 5.74) is 1.21. The van der Waals surface area contributed by atoms with Crippen molar-refractivity contribution in [3.63, 3.8) is 0 Å². The lowest BCUT2D eigenvalue weighted by Gasteiger charge is -2.26. The van der Waals surface area contributed by atoms with Crippen LogP contribution in [-0.4, -0.2) is 40.7 Å². The van der Waals surface area contributed by atoms with E-state index in [1.807, 2.05) is 36.1 Å². The first-order valence-electron chi connectivity index (χ1n) is 8.84. The van der Waals surface area contributed by atoms with Crippen molar-refractivity contribution in [1.82, 2.24) is 15.1 Å². The number of carbonyl (C=O) groups is 1. The van der Waals surface area contributed by atoms with Crippen LogP contribution in [0.3, 0.4) is 0 Å². The average molecular weight is 343 g/mol. The molecule has 2 aromatic rings. The summed E-state index contributed by atoms with van der Waals surface area (Å²) in [5.74, 6) is 1.33. The van der Waals surface area contributed by atoms with Crippen LogP contribution < -0.4 is 9.47 Å². The molecule has 0 saturated heterocycles. The summed E-state index contributed by atoms with van der Waals surface area (Å²) in [7, 11) is 1.61. The fourth-order valence-corrected chi connectivity index (χ4v) is 3.37. The highest BCUT2D eigenvalue weighted by Crippen LogP contribution is 2.27. The number of nitrogens with one attached hydrogen (secondary N) is 1. The Morgan fingerprint density at radius 3 is 2.68 bits per heavy atom. The minimum Gasteiger partial charge on any atom is -0.493 e. The van der Waals surface area contributed by atoms with E-state index < -0.39 is 0 Å². The number of carbonyl (C=O) groups excluding carboxylic acids is 1. The molecular formula is C19H25N3O3. The molecule has 6 nitrogen and oxygen atoms in total. The summed E-state index contributed by atoms with van der Waals surface area (Å²) < 4.78 is 11.0. The number of hydrogen-bond donors (Lipinski definition) is 1. The van der Waals surface area contributed by atoms with E-state index in [1.54, 1.807) is 13.2 Å². The lowest BCUT2D eigenvalue weighted by atomic mass is 10.2. The van der Waals surface area contributed by atoms with Gasteiger partial charge in [0.1, 0.15) is 6.61 Å². The molecule has 1 saturated carbocycles. The third-order valence-corrected chi connectivity index (χ3v) is 4.67. The average Bonchev–Trinajstić information content (AvgIpc) is 3.33. The molecule has 3 rings (SSSR count). The molecule has 1 aromatic heterocycles. The first kappa shape index (κ1) is 17.3. The number of aromatic nitrogens is 2. The molecule has 1 heterocycles. The number of amides is 1. The highest BCUT2D eigenvalue weighted by molar-refractivity contribution is 5.92. The van der Waals surface area contributed by atoms with Crippen LogP contribution in [0.1, 0.15) is 48.8 Å². The lowest BCUT2D eigenvalue weighted by molar-refractivity contribution is 0.0687. The standard InChI is InChI=1S/C19H25N3O3/c1-3-22(15-8-4-5-9-15)19(23)16-12-14(20-21-16)13-25-18-11-7-6-10-17(18)24-2/h6-7,10-12,15H,3-5,8-9,13H2,1-2H3,(H,20,21). The Labute approximate surface area is 148 Å². The zero-order valence-corrected chi connectivity index (χ0v) is 14.8. The number of rotatable bonds is 7. The van der Waals surface area contributed by atoms with Crippen molar-refractivity contribution in [2.45, 2.75) is 45.3 Å². The van der Waals surface area contributed by atoms with Gasteiger partial charge in [0.15, 0.2) is 17.2 Å². The second-order valence-corrected chi connectivity index (χ2v) is 6.25. The molecule has 1 aliphatic rings. The topological polar surface area (TPSA) is 67.5 Å². The number of hydrogen-bond acceptors (Lipinski definition) is 4. The van der Waals surface area contributed by atoms with Crippen molar-refractivity contribution in [3.05, 3.63) is 41.7 Å². The van der Waals surface area contributed by atoms with Crippen molar-refractivity contribution in [1.29, 1.82) is 0 Å². The summed E-state index contributed by atoms with van der Waals surface area (Å²) in [6.45, 7) is 3.04. The molecule has 1 N–H and O–H groups in total. The normalized spacial score (nSPS) is 14.5. The summed E-state index contributed by atoms with van der Waals surface area (Å²) in [4.78, 5) is 14.7. The second-order valence-electron chi connectivity index (χ2n) is 6.25. The van der Waals surface area contributed by atoms with Crippen molar-refractivity contribution < 1.29 is 14.3 Å². The fraction of sp³-hybridized carbons (Fsp3) is 0.474. The molecule has 0 bridgehead atoms. The van der Waals surface area contributed by atoms with E-state index in [9.17, 15) is 4.79 Å². The number of para-hydroxylation sites is 2. The van der Waals surface area contributed by atoms with Gasteiger partial charge < -0.3 is 14.4 Å². The third-order valence-electron chi connectivity index (χ3n) is 4.67. The minimum atomic E-state index is -0.00538. The van der Waals surface area contributed by atoms with Gasteiger partial charge in [-0.1, -0.05) is 25.0 Å². The van der Waals surface area contributed by atoms with Crippen LogP contribution in [0.4, 0.5) is 0 Å². The summed E-state index contributed by atoms with van der Waals surface area (Å²) in [6.07, 6.45) is 4.58. The maximum absolute atomic E-state index is 12.7. The van der Waals surface area contributed by atoms with Gasteiger partial charge in [-0.15, -0.1) is 0 Å². The van der Waals surface area contributed by atoms with Crippen LogP contribution in [-0.2, 0) is 6.61 Å². The molecule has 0 unspecified atom stereocenters. The summed E-state index contributed by atoms with van der Waals surface area (Å²) in [5, 5.41) is 7.08. The smallest absolute Gasteiger partial charge is 0.274 e. The van der Waals surface area contributed by atoms with Crippen molar-refractivity contribution >= 4 is 5.91 Å². The van der Waals surface area contributed by atoms with Crippen LogP contribution in [0.5, 0.6) is 11.5 Å². The number of nitrogens with zero attached hydrogens (tertiary/aromatic N) is 2. The number of ether oxygens (including phenoxy) is 2. The highest BCUT2D eigenvalue weighted by atomic mass is 16.5. The second kappa shape index (κ2) is 8.05. The van der Waals surface area contributed by atoms with Crippen LogP contribution in [0.25, 0.3) is 0 Å². The Hall–Kier alpha value is -2.50. The Morgan fingerprint density at radius 2 is 2.00 bits per heavy atom. The Kier molecular flexibility index (Phi) is 5.58. The van der Waals surface area contributed by atoms with Gasteiger partial charge in [0, 0.05) is 12.6 Å². The van der Waals surface area contributed by atoms with E-state index in [2.05, 4.69) is 10.2 Å². The van der Waals surface area contributed by atoms with Gasteiger partial charge in [-0.25, -0.2) is 0 Å². The lowest BCUT2D eigenvalue weighted by Crippen LogP contribution is -2.38. The van der Waals surface area contributed by atoms with Crippen LogP contribution in [0.15, 0.2) is 30.3 Å². The van der Waals surface area contributed by atoms with E-state index in [0.29, 0.717) is 36.4 Å². The number of benzene rings is 1. The Balaban J connectivity index is 1.64. The van der Waals surface area contributed by atoms with Gasteiger partial charge in [-0.3, -0.25) is 9.89 Å². The molecule has 1 aliphatic carbocycles. The molecule has 1 aromatic carbocycles. The Bertz CT molecular complexity index is 707. The van der Waals surface area contributed by atoms with Gasteiger partial charge in [0.05, 0.1) is 12.8 Å². The molecule has 0 aliphatic heterocycles. The number of aromatic amines is 1. The highest BCUT2D eigenvalue weighted by Gasteiger charge is 2.27.